The van der Waals surface area contributed by atoms with Crippen LogP contribution in [-0.4, -0.2) is 37.8 Å². The summed E-state index contributed by atoms with van der Waals surface area (Å²) < 4.78 is 5.10. The van der Waals surface area contributed by atoms with E-state index in [1.165, 1.54) is 19.3 Å². The number of nitrogens with one attached hydrogen (secondary N) is 1. The third-order valence-corrected chi connectivity index (χ3v) is 3.26. The number of rotatable bonds is 5. The summed E-state index contributed by atoms with van der Waals surface area (Å²) in [6.45, 7) is 5.08. The summed E-state index contributed by atoms with van der Waals surface area (Å²) >= 11 is 0. The van der Waals surface area contributed by atoms with E-state index in [4.69, 9.17) is 4.74 Å². The maximum absolute atomic E-state index is 5.10. The van der Waals surface area contributed by atoms with Gasteiger partial charge in [0.25, 0.3) is 0 Å². The van der Waals surface area contributed by atoms with Gasteiger partial charge in [-0.15, -0.1) is 0 Å². The molecule has 1 aromatic rings. The second-order valence-electron chi connectivity index (χ2n) is 4.95. The summed E-state index contributed by atoms with van der Waals surface area (Å²) in [6, 6.07) is 4.51. The fourth-order valence-electron chi connectivity index (χ4n) is 2.36. The maximum Gasteiger partial charge on any atom is 0.128 e. The molecule has 2 heterocycles. The van der Waals surface area contributed by atoms with Crippen molar-refractivity contribution in [2.75, 3.05) is 37.0 Å². The maximum atomic E-state index is 5.10. The zero-order valence-electron chi connectivity index (χ0n) is 11.4. The van der Waals surface area contributed by atoms with Gasteiger partial charge in [-0.25, -0.2) is 4.98 Å². The van der Waals surface area contributed by atoms with Crippen LogP contribution in [0.5, 0.6) is 0 Å². The van der Waals surface area contributed by atoms with Crippen LogP contribution in [0, 0.1) is 0 Å². The molecule has 0 amide bonds. The van der Waals surface area contributed by atoms with Gasteiger partial charge >= 0.3 is 0 Å². The van der Waals surface area contributed by atoms with Crippen molar-refractivity contribution in [2.24, 2.45) is 0 Å². The number of hydrogen-bond donors (Lipinski definition) is 1. The first-order valence-electron chi connectivity index (χ1n) is 6.76. The Morgan fingerprint density at radius 2 is 2.11 bits per heavy atom. The van der Waals surface area contributed by atoms with Crippen LogP contribution in [0.2, 0.25) is 0 Å². The molecule has 1 N–H and O–H groups in total. The van der Waals surface area contributed by atoms with Gasteiger partial charge in [0.15, 0.2) is 0 Å². The fraction of sp³-hybridized carbons (Fsp3) is 0.643. The van der Waals surface area contributed by atoms with Gasteiger partial charge in [-0.1, -0.05) is 0 Å². The highest BCUT2D eigenvalue weighted by Crippen LogP contribution is 2.19. The molecule has 0 radical (unpaired) electrons. The molecule has 1 atom stereocenters. The average molecular weight is 249 g/mol. The largest absolute Gasteiger partial charge is 0.383 e. The lowest BCUT2D eigenvalue weighted by Gasteiger charge is -2.27. The van der Waals surface area contributed by atoms with Crippen molar-refractivity contribution in [3.05, 3.63) is 18.3 Å². The van der Waals surface area contributed by atoms with E-state index < -0.39 is 0 Å². The Kier molecular flexibility index (Phi) is 4.81. The SMILES string of the molecule is COCC(C)Nc1ccc(N2CCCCC2)nc1. The Morgan fingerprint density at radius 1 is 1.33 bits per heavy atom. The Hall–Kier alpha value is -1.29. The second kappa shape index (κ2) is 6.59. The third kappa shape index (κ3) is 3.60. The molecule has 2 rings (SSSR count). The van der Waals surface area contributed by atoms with Crippen molar-refractivity contribution >= 4 is 11.5 Å². The van der Waals surface area contributed by atoms with Crippen LogP contribution in [0.1, 0.15) is 26.2 Å². The van der Waals surface area contributed by atoms with E-state index in [1.807, 2.05) is 6.20 Å². The molecule has 1 aromatic heterocycles. The van der Waals surface area contributed by atoms with E-state index in [0.29, 0.717) is 12.6 Å². The highest BCUT2D eigenvalue weighted by Gasteiger charge is 2.11. The molecule has 0 aliphatic carbocycles. The number of piperidine rings is 1. The van der Waals surface area contributed by atoms with Gasteiger partial charge in [0.1, 0.15) is 5.82 Å². The fourth-order valence-corrected chi connectivity index (χ4v) is 2.36. The lowest BCUT2D eigenvalue weighted by molar-refractivity contribution is 0.190. The number of methoxy groups -OCH3 is 1. The van der Waals surface area contributed by atoms with Gasteiger partial charge in [-0.3, -0.25) is 0 Å². The number of pyridine rings is 1. The molecule has 0 spiro atoms. The van der Waals surface area contributed by atoms with Gasteiger partial charge < -0.3 is 15.0 Å². The summed E-state index contributed by atoms with van der Waals surface area (Å²) in [4.78, 5) is 6.91. The Morgan fingerprint density at radius 3 is 2.72 bits per heavy atom. The molecule has 0 saturated carbocycles. The number of anilines is 2. The van der Waals surface area contributed by atoms with E-state index in [1.54, 1.807) is 7.11 Å². The topological polar surface area (TPSA) is 37.4 Å². The number of nitrogens with zero attached hydrogens (tertiary/aromatic N) is 2. The zero-order valence-corrected chi connectivity index (χ0v) is 11.4. The molecule has 18 heavy (non-hydrogen) atoms. The lowest BCUT2D eigenvalue weighted by atomic mass is 10.1. The normalized spacial score (nSPS) is 17.6. The summed E-state index contributed by atoms with van der Waals surface area (Å²) in [7, 11) is 1.72. The standard InChI is InChI=1S/C14H23N3O/c1-12(11-18-2)16-13-6-7-14(15-10-13)17-8-4-3-5-9-17/h6-7,10,12,16H,3-5,8-9,11H2,1-2H3. The van der Waals surface area contributed by atoms with Crippen LogP contribution in [0.15, 0.2) is 18.3 Å². The Bertz CT molecular complexity index is 347. The van der Waals surface area contributed by atoms with Gasteiger partial charge in [-0.05, 0) is 38.3 Å². The molecular weight excluding hydrogens is 226 g/mol. The van der Waals surface area contributed by atoms with E-state index in [0.717, 1.165) is 24.6 Å². The number of aromatic nitrogens is 1. The molecule has 4 heteroatoms. The van der Waals surface area contributed by atoms with Crippen LogP contribution < -0.4 is 10.2 Å². The average Bonchev–Trinajstić information content (AvgIpc) is 2.41. The van der Waals surface area contributed by atoms with Gasteiger partial charge in [0.2, 0.25) is 0 Å². The second-order valence-corrected chi connectivity index (χ2v) is 4.95. The highest BCUT2D eigenvalue weighted by molar-refractivity contribution is 5.49. The molecule has 0 aromatic carbocycles. The molecule has 100 valence electrons. The van der Waals surface area contributed by atoms with E-state index >= 15 is 0 Å². The molecular formula is C14H23N3O. The predicted octanol–water partition coefficient (Wildman–Crippen LogP) is 2.52. The van der Waals surface area contributed by atoms with Crippen LogP contribution in [0.25, 0.3) is 0 Å². The highest BCUT2D eigenvalue weighted by atomic mass is 16.5. The first kappa shape index (κ1) is 13.1. The number of ether oxygens (including phenoxy) is 1. The molecule has 1 aliphatic rings. The lowest BCUT2D eigenvalue weighted by Crippen LogP contribution is -2.30. The molecule has 0 bridgehead atoms. The molecule has 1 fully saturated rings. The monoisotopic (exact) mass is 249 g/mol. The zero-order chi connectivity index (χ0) is 12.8. The van der Waals surface area contributed by atoms with Gasteiger partial charge in [0.05, 0.1) is 18.5 Å². The molecule has 1 saturated heterocycles. The van der Waals surface area contributed by atoms with Crippen LogP contribution >= 0.6 is 0 Å². The first-order valence-corrected chi connectivity index (χ1v) is 6.76. The van der Waals surface area contributed by atoms with Crippen LogP contribution in [-0.2, 0) is 4.74 Å². The minimum atomic E-state index is 0.303. The minimum absolute atomic E-state index is 0.303. The Balaban J connectivity index is 1.92. The van der Waals surface area contributed by atoms with Crippen molar-refractivity contribution in [2.45, 2.75) is 32.2 Å². The molecule has 4 nitrogen and oxygen atoms in total. The summed E-state index contributed by atoms with van der Waals surface area (Å²) in [6.07, 6.45) is 5.83. The number of hydrogen-bond acceptors (Lipinski definition) is 4. The summed E-state index contributed by atoms with van der Waals surface area (Å²) in [5.41, 5.74) is 1.06. The van der Waals surface area contributed by atoms with Gasteiger partial charge in [-0.2, -0.15) is 0 Å². The smallest absolute Gasteiger partial charge is 0.128 e. The minimum Gasteiger partial charge on any atom is -0.383 e. The summed E-state index contributed by atoms with van der Waals surface area (Å²) in [5, 5.41) is 3.37. The molecule has 1 aliphatic heterocycles. The Labute approximate surface area is 109 Å². The van der Waals surface area contributed by atoms with E-state index in [-0.39, 0.29) is 0 Å². The molecule has 1 unspecified atom stereocenters. The van der Waals surface area contributed by atoms with Crippen molar-refractivity contribution in [1.29, 1.82) is 0 Å². The van der Waals surface area contributed by atoms with Crippen molar-refractivity contribution in [3.8, 4) is 0 Å². The predicted molar refractivity (Wildman–Crippen MR) is 75.3 cm³/mol. The first-order chi connectivity index (χ1) is 8.79. The van der Waals surface area contributed by atoms with Crippen molar-refractivity contribution < 1.29 is 4.74 Å². The third-order valence-electron chi connectivity index (χ3n) is 3.26. The van der Waals surface area contributed by atoms with Crippen molar-refractivity contribution in [3.63, 3.8) is 0 Å². The quantitative estimate of drug-likeness (QED) is 0.870. The summed E-state index contributed by atoms with van der Waals surface area (Å²) in [5.74, 6) is 1.10. The van der Waals surface area contributed by atoms with Crippen LogP contribution in [0.4, 0.5) is 11.5 Å². The van der Waals surface area contributed by atoms with Crippen molar-refractivity contribution in [1.82, 2.24) is 4.98 Å². The van der Waals surface area contributed by atoms with Crippen LogP contribution in [0.3, 0.4) is 0 Å². The van der Waals surface area contributed by atoms with E-state index in [9.17, 15) is 0 Å². The van der Waals surface area contributed by atoms with Gasteiger partial charge in [0, 0.05) is 26.2 Å². The van der Waals surface area contributed by atoms with E-state index in [2.05, 4.69) is 34.3 Å².